The van der Waals surface area contributed by atoms with Gasteiger partial charge in [-0.15, -0.1) is 11.3 Å². The molecule has 0 aliphatic carbocycles. The van der Waals surface area contributed by atoms with Crippen LogP contribution >= 0.6 is 11.3 Å². The minimum absolute atomic E-state index is 0.0156. The lowest BCUT2D eigenvalue weighted by atomic mass is 10.3. The number of hydrogen-bond donors (Lipinski definition) is 2. The molecule has 0 aromatic carbocycles. The molecule has 0 bridgehead atoms. The van der Waals surface area contributed by atoms with E-state index in [1.807, 2.05) is 12.1 Å². The van der Waals surface area contributed by atoms with Gasteiger partial charge in [0.2, 0.25) is 5.91 Å². The number of hydrogen-bond acceptors (Lipinski definition) is 4. The Morgan fingerprint density at radius 1 is 1.56 bits per heavy atom. The van der Waals surface area contributed by atoms with Crippen LogP contribution in [0.4, 0.5) is 0 Å². The van der Waals surface area contributed by atoms with Crippen LogP contribution < -0.4 is 5.32 Å². The highest BCUT2D eigenvalue weighted by molar-refractivity contribution is 7.12. The fourth-order valence-electron chi connectivity index (χ4n) is 1.21. The molecule has 98 valence electrons. The van der Waals surface area contributed by atoms with Crippen LogP contribution in [0.5, 0.6) is 0 Å². The maximum atomic E-state index is 11.4. The highest BCUT2D eigenvalue weighted by atomic mass is 32.1. The van der Waals surface area contributed by atoms with E-state index < -0.39 is 0 Å². The summed E-state index contributed by atoms with van der Waals surface area (Å²) in [6, 6.07) is 3.87. The summed E-state index contributed by atoms with van der Waals surface area (Å²) in [7, 11) is 1.57. The van der Waals surface area contributed by atoms with Gasteiger partial charge in [0.15, 0.2) is 0 Å². The van der Waals surface area contributed by atoms with Gasteiger partial charge in [0.25, 0.3) is 0 Å². The normalized spacial score (nSPS) is 9.67. The first-order chi connectivity index (χ1) is 8.76. The number of amides is 1. The molecule has 0 aliphatic heterocycles. The van der Waals surface area contributed by atoms with Gasteiger partial charge >= 0.3 is 0 Å². The van der Waals surface area contributed by atoms with E-state index in [1.54, 1.807) is 18.4 Å². The Bertz CT molecular complexity index is 431. The van der Waals surface area contributed by atoms with E-state index in [-0.39, 0.29) is 12.5 Å². The topological polar surface area (TPSA) is 58.6 Å². The van der Waals surface area contributed by atoms with Gasteiger partial charge < -0.3 is 15.2 Å². The first-order valence-corrected chi connectivity index (χ1v) is 6.52. The molecule has 0 radical (unpaired) electrons. The molecule has 1 aromatic rings. The Labute approximate surface area is 111 Å². The van der Waals surface area contributed by atoms with Crippen molar-refractivity contribution in [2.75, 3.05) is 20.3 Å². The Morgan fingerprint density at radius 3 is 3.11 bits per heavy atom. The predicted octanol–water partition coefficient (Wildman–Crippen LogP) is 1.13. The molecule has 18 heavy (non-hydrogen) atoms. The molecule has 1 aromatic heterocycles. The second-order valence-corrected chi connectivity index (χ2v) is 4.73. The first kappa shape index (κ1) is 14.7. The van der Waals surface area contributed by atoms with Crippen LogP contribution in [0.25, 0.3) is 0 Å². The van der Waals surface area contributed by atoms with Crippen LogP contribution in [-0.2, 0) is 16.1 Å². The number of aliphatic hydroxyl groups excluding tert-OH is 1. The number of aliphatic hydroxyl groups is 1. The Morgan fingerprint density at radius 2 is 2.39 bits per heavy atom. The van der Waals surface area contributed by atoms with Gasteiger partial charge in [-0.2, -0.15) is 0 Å². The zero-order valence-electron chi connectivity index (χ0n) is 10.4. The summed E-state index contributed by atoms with van der Waals surface area (Å²) in [4.78, 5) is 13.4. The van der Waals surface area contributed by atoms with Crippen molar-refractivity contribution in [1.29, 1.82) is 0 Å². The highest BCUT2D eigenvalue weighted by Crippen LogP contribution is 2.15. The van der Waals surface area contributed by atoms with Gasteiger partial charge in [0.05, 0.1) is 24.6 Å². The molecule has 1 rings (SSSR count). The minimum atomic E-state index is -0.0156. The van der Waals surface area contributed by atoms with E-state index >= 15 is 0 Å². The molecule has 1 heterocycles. The maximum absolute atomic E-state index is 11.4. The Hall–Kier alpha value is -1.35. The van der Waals surface area contributed by atoms with Crippen molar-refractivity contribution in [2.45, 2.75) is 19.4 Å². The molecule has 1 amide bonds. The molecular formula is C13H17NO3S. The quantitative estimate of drug-likeness (QED) is 0.760. The number of carbonyl (C=O) groups excluding carboxylic acids is 1. The molecule has 0 atom stereocenters. The molecule has 5 heteroatoms. The molecule has 2 N–H and O–H groups in total. The Balaban J connectivity index is 2.36. The summed E-state index contributed by atoms with van der Waals surface area (Å²) in [6.07, 6.45) is 0.867. The molecular weight excluding hydrogens is 250 g/mol. The lowest BCUT2D eigenvalue weighted by molar-refractivity contribution is -0.122. The van der Waals surface area contributed by atoms with Crippen molar-refractivity contribution in [3.05, 3.63) is 21.9 Å². The van der Waals surface area contributed by atoms with Crippen molar-refractivity contribution < 1.29 is 14.6 Å². The second kappa shape index (κ2) is 8.70. The second-order valence-electron chi connectivity index (χ2n) is 3.56. The molecule has 4 nitrogen and oxygen atoms in total. The summed E-state index contributed by atoms with van der Waals surface area (Å²) < 4.78 is 4.83. The summed E-state index contributed by atoms with van der Waals surface area (Å²) in [5, 5.41) is 11.4. The van der Waals surface area contributed by atoms with Crippen molar-refractivity contribution in [3.63, 3.8) is 0 Å². The van der Waals surface area contributed by atoms with Crippen molar-refractivity contribution in [3.8, 4) is 11.8 Å². The number of nitrogens with one attached hydrogen (secondary N) is 1. The lowest BCUT2D eigenvalue weighted by Crippen LogP contribution is -2.23. The number of thiophene rings is 1. The third kappa shape index (κ3) is 5.82. The van der Waals surface area contributed by atoms with Crippen LogP contribution in [0.2, 0.25) is 0 Å². The van der Waals surface area contributed by atoms with Crippen LogP contribution in [0.1, 0.15) is 22.6 Å². The lowest BCUT2D eigenvalue weighted by Gasteiger charge is -2.02. The van der Waals surface area contributed by atoms with Gasteiger partial charge in [-0.3, -0.25) is 4.79 Å². The van der Waals surface area contributed by atoms with Crippen molar-refractivity contribution >= 4 is 17.2 Å². The van der Waals surface area contributed by atoms with E-state index in [1.165, 1.54) is 0 Å². The molecule has 0 saturated heterocycles. The zero-order chi connectivity index (χ0) is 13.2. The monoisotopic (exact) mass is 267 g/mol. The Kier molecular flexibility index (Phi) is 7.11. The molecule has 0 fully saturated rings. The highest BCUT2D eigenvalue weighted by Gasteiger charge is 2.02. The van der Waals surface area contributed by atoms with Crippen LogP contribution in [0, 0.1) is 11.8 Å². The summed E-state index contributed by atoms with van der Waals surface area (Å²) in [5.74, 6) is 5.81. The van der Waals surface area contributed by atoms with E-state index in [0.717, 1.165) is 9.75 Å². The minimum Gasteiger partial charge on any atom is -0.395 e. The van der Waals surface area contributed by atoms with E-state index in [9.17, 15) is 4.79 Å². The fourth-order valence-corrected chi connectivity index (χ4v) is 2.04. The van der Waals surface area contributed by atoms with Crippen LogP contribution in [0.15, 0.2) is 12.1 Å². The third-order valence-electron chi connectivity index (χ3n) is 2.10. The first-order valence-electron chi connectivity index (χ1n) is 5.70. The average Bonchev–Trinajstić information content (AvgIpc) is 2.82. The SMILES string of the molecule is COCCC(=O)NCc1ccc(C#CCCO)s1. The van der Waals surface area contributed by atoms with Gasteiger partial charge in [0.1, 0.15) is 0 Å². The maximum Gasteiger partial charge on any atom is 0.222 e. The number of methoxy groups -OCH3 is 1. The van der Waals surface area contributed by atoms with Crippen LogP contribution in [0.3, 0.4) is 0 Å². The molecule has 0 aliphatic rings. The number of carbonyl (C=O) groups is 1. The van der Waals surface area contributed by atoms with Crippen LogP contribution in [-0.4, -0.2) is 31.3 Å². The van der Waals surface area contributed by atoms with Gasteiger partial charge in [-0.1, -0.05) is 11.8 Å². The van der Waals surface area contributed by atoms with Gasteiger partial charge in [-0.05, 0) is 12.1 Å². The number of ether oxygens (including phenoxy) is 1. The predicted molar refractivity (Wildman–Crippen MR) is 71.2 cm³/mol. The molecule has 0 spiro atoms. The standard InChI is InChI=1S/C13H17NO3S/c1-17-9-7-13(16)14-10-12-6-5-11(18-12)4-2-3-8-15/h5-6,15H,3,7-10H2,1H3,(H,14,16). The molecule has 0 unspecified atom stereocenters. The fraction of sp³-hybridized carbons (Fsp3) is 0.462. The van der Waals surface area contributed by atoms with E-state index in [0.29, 0.717) is 26.0 Å². The van der Waals surface area contributed by atoms with Crippen molar-refractivity contribution in [1.82, 2.24) is 5.32 Å². The average molecular weight is 267 g/mol. The molecule has 0 saturated carbocycles. The third-order valence-corrected chi connectivity index (χ3v) is 3.10. The zero-order valence-corrected chi connectivity index (χ0v) is 11.2. The summed E-state index contributed by atoms with van der Waals surface area (Å²) in [6.45, 7) is 1.05. The smallest absolute Gasteiger partial charge is 0.222 e. The summed E-state index contributed by atoms with van der Waals surface area (Å²) >= 11 is 1.55. The largest absolute Gasteiger partial charge is 0.395 e. The van der Waals surface area contributed by atoms with Gasteiger partial charge in [0, 0.05) is 24.8 Å². The van der Waals surface area contributed by atoms with E-state index in [2.05, 4.69) is 17.2 Å². The number of rotatable bonds is 6. The van der Waals surface area contributed by atoms with Gasteiger partial charge in [-0.25, -0.2) is 0 Å². The summed E-state index contributed by atoms with van der Waals surface area (Å²) in [5.41, 5.74) is 0. The van der Waals surface area contributed by atoms with E-state index in [4.69, 9.17) is 9.84 Å². The van der Waals surface area contributed by atoms with Crippen molar-refractivity contribution in [2.24, 2.45) is 0 Å².